The first-order valence-corrected chi connectivity index (χ1v) is 11.5. The Morgan fingerprint density at radius 1 is 1.15 bits per heavy atom. The largest absolute Gasteiger partial charge is 0.373 e. The van der Waals surface area contributed by atoms with E-state index in [1.165, 1.54) is 5.56 Å². The van der Waals surface area contributed by atoms with Crippen LogP contribution in [0.4, 0.5) is 0 Å². The molecule has 0 aliphatic carbocycles. The molecule has 0 radical (unpaired) electrons. The summed E-state index contributed by atoms with van der Waals surface area (Å²) in [7, 11) is 2.05. The molecule has 2 heterocycles. The lowest BCUT2D eigenvalue weighted by atomic mass is 9.89. The number of aromatic amines is 1. The highest BCUT2D eigenvalue weighted by Crippen LogP contribution is 2.33. The lowest BCUT2D eigenvalue weighted by molar-refractivity contribution is -0.0250. The summed E-state index contributed by atoms with van der Waals surface area (Å²) in [6.07, 6.45) is 4.22. The molecular weight excluding hydrogens is 525 g/mol. The van der Waals surface area contributed by atoms with E-state index >= 15 is 0 Å². The van der Waals surface area contributed by atoms with Crippen molar-refractivity contribution in [3.63, 3.8) is 0 Å². The number of H-pyrrole nitrogens is 1. The number of nitrogens with zero attached hydrogens (tertiary/aromatic N) is 3. The van der Waals surface area contributed by atoms with Crippen LogP contribution in [0.25, 0.3) is 11.3 Å². The molecule has 2 atom stereocenters. The number of aromatic nitrogens is 2. The van der Waals surface area contributed by atoms with Gasteiger partial charge in [0.2, 0.25) is 0 Å². The normalized spacial score (nSPS) is 18.4. The number of aliphatic imine (C=N–C) groups is 1. The van der Waals surface area contributed by atoms with Gasteiger partial charge in [-0.05, 0) is 30.9 Å². The number of hydrogen-bond acceptors (Lipinski definition) is 3. The maximum absolute atomic E-state index is 6.15. The summed E-state index contributed by atoms with van der Waals surface area (Å²) < 4.78 is 6.15. The van der Waals surface area contributed by atoms with Gasteiger partial charge in [0.1, 0.15) is 5.82 Å². The molecule has 2 N–H and O–H groups in total. The van der Waals surface area contributed by atoms with E-state index in [2.05, 4.69) is 76.6 Å². The van der Waals surface area contributed by atoms with Gasteiger partial charge in [-0.15, -0.1) is 24.0 Å². The van der Waals surface area contributed by atoms with E-state index in [1.807, 2.05) is 24.4 Å². The molecule has 2 unspecified atom stereocenters. The molecular formula is C26H34IN5O. The molecule has 7 heteroatoms. The van der Waals surface area contributed by atoms with Gasteiger partial charge in [-0.1, -0.05) is 60.7 Å². The van der Waals surface area contributed by atoms with Crippen LogP contribution in [0, 0.1) is 5.92 Å². The van der Waals surface area contributed by atoms with Gasteiger partial charge in [0, 0.05) is 32.7 Å². The van der Waals surface area contributed by atoms with Crippen molar-refractivity contribution in [1.29, 1.82) is 0 Å². The maximum atomic E-state index is 6.15. The Balaban J connectivity index is 0.00000306. The molecule has 1 fully saturated rings. The quantitative estimate of drug-likeness (QED) is 0.236. The van der Waals surface area contributed by atoms with E-state index in [1.54, 1.807) is 0 Å². The Morgan fingerprint density at radius 3 is 2.61 bits per heavy atom. The molecule has 3 aromatic rings. The van der Waals surface area contributed by atoms with Crippen molar-refractivity contribution in [2.75, 3.05) is 26.7 Å². The van der Waals surface area contributed by atoms with Crippen LogP contribution in [0.5, 0.6) is 0 Å². The zero-order chi connectivity index (χ0) is 22.2. The van der Waals surface area contributed by atoms with Gasteiger partial charge >= 0.3 is 0 Å². The second kappa shape index (κ2) is 12.7. The predicted molar refractivity (Wildman–Crippen MR) is 145 cm³/mol. The molecule has 0 spiro atoms. The van der Waals surface area contributed by atoms with E-state index in [9.17, 15) is 0 Å². The number of imidazole rings is 1. The molecule has 1 saturated heterocycles. The van der Waals surface area contributed by atoms with E-state index in [4.69, 9.17) is 9.73 Å². The van der Waals surface area contributed by atoms with Crippen molar-refractivity contribution in [1.82, 2.24) is 20.2 Å². The number of ether oxygens (including phenoxy) is 1. The van der Waals surface area contributed by atoms with Crippen molar-refractivity contribution in [2.24, 2.45) is 10.9 Å². The molecule has 2 aromatic carbocycles. The molecule has 1 aliphatic rings. The van der Waals surface area contributed by atoms with Crippen molar-refractivity contribution >= 4 is 29.9 Å². The van der Waals surface area contributed by atoms with Crippen LogP contribution < -0.4 is 5.32 Å². The maximum Gasteiger partial charge on any atom is 0.194 e. The smallest absolute Gasteiger partial charge is 0.194 e. The van der Waals surface area contributed by atoms with Crippen LogP contribution in [0.3, 0.4) is 0 Å². The third-order valence-electron chi connectivity index (χ3n) is 5.85. The molecule has 0 amide bonds. The molecule has 1 aliphatic heterocycles. The van der Waals surface area contributed by atoms with Crippen LogP contribution in [0.15, 0.2) is 71.9 Å². The monoisotopic (exact) mass is 559 g/mol. The first kappa shape index (κ1) is 25.2. The fourth-order valence-corrected chi connectivity index (χ4v) is 4.22. The van der Waals surface area contributed by atoms with Crippen LogP contribution in [-0.4, -0.2) is 47.6 Å². The van der Waals surface area contributed by atoms with Gasteiger partial charge in [-0.2, -0.15) is 0 Å². The average Bonchev–Trinajstić information content (AvgIpc) is 3.31. The minimum atomic E-state index is 0. The predicted octanol–water partition coefficient (Wildman–Crippen LogP) is 5.26. The van der Waals surface area contributed by atoms with Crippen LogP contribution in [-0.2, 0) is 11.3 Å². The van der Waals surface area contributed by atoms with E-state index in [-0.39, 0.29) is 30.1 Å². The van der Waals surface area contributed by atoms with Gasteiger partial charge in [0.25, 0.3) is 0 Å². The van der Waals surface area contributed by atoms with Crippen molar-refractivity contribution < 1.29 is 4.74 Å². The Kier molecular flexibility index (Phi) is 9.75. The minimum absolute atomic E-state index is 0. The van der Waals surface area contributed by atoms with Gasteiger partial charge in [0.05, 0.1) is 24.5 Å². The zero-order valence-electron chi connectivity index (χ0n) is 19.4. The standard InChI is InChI=1S/C26H33N5O.HI/c1-3-27-26(29-17-22-15-10-16-32-25(22)21-13-8-5-9-14-21)31(2)19-24-28-18-23(30-24)20-11-6-4-7-12-20;/h4-9,11-14,18,22,25H,3,10,15-17,19H2,1-2H3,(H,27,29)(H,28,30);1H. The van der Waals surface area contributed by atoms with Crippen molar-refractivity contribution in [3.05, 3.63) is 78.2 Å². The second-order valence-corrected chi connectivity index (χ2v) is 8.26. The lowest BCUT2D eigenvalue weighted by Crippen LogP contribution is -2.39. The Bertz CT molecular complexity index is 992. The summed E-state index contributed by atoms with van der Waals surface area (Å²) in [4.78, 5) is 15.1. The highest BCUT2D eigenvalue weighted by molar-refractivity contribution is 14.0. The highest BCUT2D eigenvalue weighted by atomic mass is 127. The summed E-state index contributed by atoms with van der Waals surface area (Å²) in [5.41, 5.74) is 3.41. The van der Waals surface area contributed by atoms with Crippen LogP contribution in [0.2, 0.25) is 0 Å². The van der Waals surface area contributed by atoms with Crippen molar-refractivity contribution in [3.8, 4) is 11.3 Å². The van der Waals surface area contributed by atoms with E-state index in [0.717, 1.165) is 55.6 Å². The van der Waals surface area contributed by atoms with Crippen LogP contribution >= 0.6 is 24.0 Å². The number of benzene rings is 2. The SMILES string of the molecule is CCNC(=NCC1CCCOC1c1ccccc1)N(C)Cc1ncc(-c2ccccc2)[nH]1.I. The van der Waals surface area contributed by atoms with E-state index in [0.29, 0.717) is 12.5 Å². The second-order valence-electron chi connectivity index (χ2n) is 8.26. The van der Waals surface area contributed by atoms with Gasteiger partial charge in [-0.3, -0.25) is 4.99 Å². The molecule has 0 bridgehead atoms. The third kappa shape index (κ3) is 6.80. The summed E-state index contributed by atoms with van der Waals surface area (Å²) in [6, 6.07) is 20.8. The third-order valence-corrected chi connectivity index (χ3v) is 5.85. The van der Waals surface area contributed by atoms with E-state index < -0.39 is 0 Å². The molecule has 176 valence electrons. The molecule has 6 nitrogen and oxygen atoms in total. The first-order valence-electron chi connectivity index (χ1n) is 11.5. The average molecular weight is 559 g/mol. The van der Waals surface area contributed by atoms with Crippen LogP contribution in [0.1, 0.15) is 37.3 Å². The Labute approximate surface area is 213 Å². The molecule has 0 saturated carbocycles. The topological polar surface area (TPSA) is 65.5 Å². The van der Waals surface area contributed by atoms with Gasteiger partial charge < -0.3 is 19.9 Å². The summed E-state index contributed by atoms with van der Waals surface area (Å²) in [5, 5.41) is 3.43. The Hall–Kier alpha value is -2.39. The fourth-order valence-electron chi connectivity index (χ4n) is 4.22. The minimum Gasteiger partial charge on any atom is -0.373 e. The lowest BCUT2D eigenvalue weighted by Gasteiger charge is -2.31. The summed E-state index contributed by atoms with van der Waals surface area (Å²) in [6.45, 7) is 5.13. The molecule has 1 aromatic heterocycles. The molecule has 4 rings (SSSR count). The molecule has 33 heavy (non-hydrogen) atoms. The highest BCUT2D eigenvalue weighted by Gasteiger charge is 2.27. The van der Waals surface area contributed by atoms with Gasteiger partial charge in [0.15, 0.2) is 5.96 Å². The zero-order valence-corrected chi connectivity index (χ0v) is 21.7. The Morgan fingerprint density at radius 2 is 1.88 bits per heavy atom. The first-order chi connectivity index (χ1) is 15.7. The number of hydrogen-bond donors (Lipinski definition) is 2. The number of halogens is 1. The van der Waals surface area contributed by atoms with Gasteiger partial charge in [-0.25, -0.2) is 4.98 Å². The number of guanidine groups is 1. The summed E-state index contributed by atoms with van der Waals surface area (Å²) in [5.74, 6) is 2.18. The van der Waals surface area contributed by atoms with Crippen molar-refractivity contribution in [2.45, 2.75) is 32.4 Å². The number of nitrogens with one attached hydrogen (secondary N) is 2. The number of rotatable bonds is 7. The summed E-state index contributed by atoms with van der Waals surface area (Å²) >= 11 is 0. The fraction of sp³-hybridized carbons (Fsp3) is 0.385.